The molecule has 0 heterocycles. The number of ether oxygens (including phenoxy) is 1. The van der Waals surface area contributed by atoms with Gasteiger partial charge in [0.05, 0.1) is 11.2 Å². The molecule has 3 aromatic carbocycles. The van der Waals surface area contributed by atoms with Gasteiger partial charge in [-0.1, -0.05) is 54.6 Å². The first-order valence-corrected chi connectivity index (χ1v) is 10.4. The fraction of sp³-hybridized carbons (Fsp3) is 0.130. The Morgan fingerprint density at radius 1 is 0.769 bits per heavy atom. The van der Waals surface area contributed by atoms with E-state index < -0.39 is 0 Å². The molecule has 0 amide bonds. The average molecular weight is 379 g/mol. The van der Waals surface area contributed by atoms with E-state index in [1.54, 1.807) is 0 Å². The lowest BCUT2D eigenvalue weighted by atomic mass is 10.2. The van der Waals surface area contributed by atoms with Crippen LogP contribution in [-0.4, -0.2) is 6.61 Å². The predicted octanol–water partition coefficient (Wildman–Crippen LogP) is 7.22. The Kier molecular flexibility index (Phi) is 7.29. The standard InChI is InChI=1S/C23H22OS2/c1-2-3-18-24-20-16-14-19(15-17-20)23(25-21-10-6-4-7-11-21)26-22-12-8-5-9-13-22/h2,4-17,23H,1,3,18H2. The van der Waals surface area contributed by atoms with E-state index in [1.165, 1.54) is 15.4 Å². The van der Waals surface area contributed by atoms with Gasteiger partial charge in [-0.2, -0.15) is 0 Å². The lowest BCUT2D eigenvalue weighted by Crippen LogP contribution is -1.96. The Hall–Kier alpha value is -2.10. The summed E-state index contributed by atoms with van der Waals surface area (Å²) in [5, 5.41) is 0. The van der Waals surface area contributed by atoms with Crippen molar-refractivity contribution in [3.8, 4) is 5.75 Å². The van der Waals surface area contributed by atoms with Crippen LogP contribution in [0, 0.1) is 0 Å². The molecule has 0 aromatic heterocycles. The summed E-state index contributed by atoms with van der Waals surface area (Å²) < 4.78 is 6.01. The van der Waals surface area contributed by atoms with Crippen LogP contribution in [0.5, 0.6) is 5.75 Å². The van der Waals surface area contributed by atoms with Gasteiger partial charge in [-0.05, 0) is 48.4 Å². The minimum atomic E-state index is 0.280. The van der Waals surface area contributed by atoms with Crippen molar-refractivity contribution in [2.24, 2.45) is 0 Å². The van der Waals surface area contributed by atoms with Crippen molar-refractivity contribution in [2.45, 2.75) is 20.8 Å². The van der Waals surface area contributed by atoms with Crippen LogP contribution in [0.15, 0.2) is 107 Å². The maximum absolute atomic E-state index is 5.73. The zero-order valence-electron chi connectivity index (χ0n) is 14.6. The molecule has 0 radical (unpaired) electrons. The summed E-state index contributed by atoms with van der Waals surface area (Å²) in [6.07, 6.45) is 2.73. The van der Waals surface area contributed by atoms with E-state index >= 15 is 0 Å². The van der Waals surface area contributed by atoms with E-state index in [0.29, 0.717) is 6.61 Å². The van der Waals surface area contributed by atoms with Crippen molar-refractivity contribution >= 4 is 23.5 Å². The quantitative estimate of drug-likeness (QED) is 0.168. The van der Waals surface area contributed by atoms with E-state index in [1.807, 2.05) is 29.6 Å². The summed E-state index contributed by atoms with van der Waals surface area (Å²) in [5.74, 6) is 0.906. The van der Waals surface area contributed by atoms with Gasteiger partial charge in [-0.3, -0.25) is 0 Å². The molecular formula is C23H22OS2. The summed E-state index contributed by atoms with van der Waals surface area (Å²) in [6.45, 7) is 4.39. The van der Waals surface area contributed by atoms with Gasteiger partial charge < -0.3 is 4.74 Å². The molecule has 3 heteroatoms. The smallest absolute Gasteiger partial charge is 0.119 e. The Morgan fingerprint density at radius 3 is 1.81 bits per heavy atom. The summed E-state index contributed by atoms with van der Waals surface area (Å²) in [6, 6.07) is 29.6. The zero-order valence-corrected chi connectivity index (χ0v) is 16.2. The maximum atomic E-state index is 5.73. The lowest BCUT2D eigenvalue weighted by molar-refractivity contribution is 0.325. The van der Waals surface area contributed by atoms with Crippen molar-refractivity contribution < 1.29 is 4.74 Å². The largest absolute Gasteiger partial charge is 0.493 e. The van der Waals surface area contributed by atoms with E-state index in [0.717, 1.165) is 12.2 Å². The summed E-state index contributed by atoms with van der Waals surface area (Å²) in [4.78, 5) is 2.54. The van der Waals surface area contributed by atoms with Crippen LogP contribution in [0.1, 0.15) is 16.6 Å². The molecule has 0 N–H and O–H groups in total. The minimum absolute atomic E-state index is 0.280. The molecule has 0 fully saturated rings. The molecule has 3 aromatic rings. The minimum Gasteiger partial charge on any atom is -0.493 e. The van der Waals surface area contributed by atoms with Crippen molar-refractivity contribution in [1.82, 2.24) is 0 Å². The van der Waals surface area contributed by atoms with Gasteiger partial charge in [0.2, 0.25) is 0 Å². The maximum Gasteiger partial charge on any atom is 0.119 e. The van der Waals surface area contributed by atoms with E-state index in [4.69, 9.17) is 4.74 Å². The average Bonchev–Trinajstić information content (AvgIpc) is 2.70. The van der Waals surface area contributed by atoms with Crippen molar-refractivity contribution in [1.29, 1.82) is 0 Å². The van der Waals surface area contributed by atoms with Gasteiger partial charge in [0, 0.05) is 9.79 Å². The Morgan fingerprint density at radius 2 is 1.31 bits per heavy atom. The third kappa shape index (κ3) is 5.72. The van der Waals surface area contributed by atoms with Crippen LogP contribution in [0.25, 0.3) is 0 Å². The molecule has 0 saturated heterocycles. The first-order chi connectivity index (χ1) is 12.8. The second-order valence-corrected chi connectivity index (χ2v) is 8.34. The highest BCUT2D eigenvalue weighted by Gasteiger charge is 2.15. The van der Waals surface area contributed by atoms with E-state index in [-0.39, 0.29) is 4.58 Å². The molecular weight excluding hydrogens is 356 g/mol. The fourth-order valence-corrected chi connectivity index (χ4v) is 4.96. The fourth-order valence-electron chi connectivity index (χ4n) is 2.39. The SMILES string of the molecule is C=CCCOc1ccc(C(Sc2ccccc2)Sc2ccccc2)cc1. The third-order valence-corrected chi connectivity index (χ3v) is 6.35. The molecule has 3 rings (SSSR count). The number of hydrogen-bond acceptors (Lipinski definition) is 3. The molecule has 1 nitrogen and oxygen atoms in total. The molecule has 0 bridgehead atoms. The molecule has 0 aliphatic rings. The molecule has 0 atom stereocenters. The number of thioether (sulfide) groups is 2. The van der Waals surface area contributed by atoms with Gasteiger partial charge in [-0.25, -0.2) is 0 Å². The van der Waals surface area contributed by atoms with Crippen molar-refractivity contribution in [3.63, 3.8) is 0 Å². The monoisotopic (exact) mass is 378 g/mol. The second-order valence-electron chi connectivity index (χ2n) is 5.69. The Labute approximate surface area is 164 Å². The van der Waals surface area contributed by atoms with Crippen molar-refractivity contribution in [2.75, 3.05) is 6.61 Å². The van der Waals surface area contributed by atoms with Crippen LogP contribution in [0.4, 0.5) is 0 Å². The van der Waals surface area contributed by atoms with Crippen LogP contribution in [-0.2, 0) is 0 Å². The topological polar surface area (TPSA) is 9.23 Å². The summed E-state index contributed by atoms with van der Waals surface area (Å²) >= 11 is 3.75. The molecule has 0 aliphatic heterocycles. The van der Waals surface area contributed by atoms with Gasteiger partial charge in [-0.15, -0.1) is 30.1 Å². The van der Waals surface area contributed by atoms with E-state index in [9.17, 15) is 0 Å². The number of benzene rings is 3. The van der Waals surface area contributed by atoms with E-state index in [2.05, 4.69) is 91.5 Å². The molecule has 0 saturated carbocycles. The molecule has 132 valence electrons. The van der Waals surface area contributed by atoms with Crippen LogP contribution >= 0.6 is 23.5 Å². The first-order valence-electron chi connectivity index (χ1n) is 8.62. The van der Waals surface area contributed by atoms with Crippen LogP contribution < -0.4 is 4.74 Å². The first kappa shape index (κ1) is 18.7. The highest BCUT2D eigenvalue weighted by Crippen LogP contribution is 2.47. The third-order valence-electron chi connectivity index (χ3n) is 3.72. The zero-order chi connectivity index (χ0) is 18.0. The molecule has 26 heavy (non-hydrogen) atoms. The van der Waals surface area contributed by atoms with Crippen molar-refractivity contribution in [3.05, 3.63) is 103 Å². The summed E-state index contributed by atoms with van der Waals surface area (Å²) in [7, 11) is 0. The van der Waals surface area contributed by atoms with Gasteiger partial charge in [0.15, 0.2) is 0 Å². The second kappa shape index (κ2) is 10.1. The highest BCUT2D eigenvalue weighted by atomic mass is 32.2. The predicted molar refractivity (Wildman–Crippen MR) is 114 cm³/mol. The van der Waals surface area contributed by atoms with Crippen LogP contribution in [0.3, 0.4) is 0 Å². The molecule has 0 aliphatic carbocycles. The summed E-state index contributed by atoms with van der Waals surface area (Å²) in [5.41, 5.74) is 1.28. The highest BCUT2D eigenvalue weighted by molar-refractivity contribution is 8.16. The lowest BCUT2D eigenvalue weighted by Gasteiger charge is -2.17. The Bertz CT molecular complexity index is 744. The molecule has 0 spiro atoms. The Balaban J connectivity index is 1.76. The van der Waals surface area contributed by atoms with Gasteiger partial charge in [0.25, 0.3) is 0 Å². The number of rotatable bonds is 9. The number of hydrogen-bond donors (Lipinski definition) is 0. The van der Waals surface area contributed by atoms with Gasteiger partial charge in [0.1, 0.15) is 5.75 Å². The normalized spacial score (nSPS) is 10.7. The van der Waals surface area contributed by atoms with Crippen LogP contribution in [0.2, 0.25) is 0 Å². The van der Waals surface area contributed by atoms with Gasteiger partial charge >= 0.3 is 0 Å². The molecule has 0 unspecified atom stereocenters.